The molecule has 2 aromatic carbocycles. The highest BCUT2D eigenvalue weighted by Gasteiger charge is 2.53. The molecule has 3 aliphatic heterocycles. The number of nitrogens with one attached hydrogen (secondary N) is 1. The molecule has 236 valence electrons. The van der Waals surface area contributed by atoms with Gasteiger partial charge in [0.25, 0.3) is 14.4 Å². The highest BCUT2D eigenvalue weighted by Crippen LogP contribution is 2.62. The number of benzene rings is 2. The predicted octanol–water partition coefficient (Wildman–Crippen LogP) is 5.27. The Bertz CT molecular complexity index is 1600. The van der Waals surface area contributed by atoms with Gasteiger partial charge in [-0.25, -0.2) is 19.6 Å². The minimum Gasteiger partial charge on any atom is -0.382 e. The summed E-state index contributed by atoms with van der Waals surface area (Å²) in [4.78, 5) is 26.4. The van der Waals surface area contributed by atoms with Crippen LogP contribution in [-0.4, -0.2) is 81.3 Å². The number of fused-ring (bicyclic) bond motifs is 2. The van der Waals surface area contributed by atoms with E-state index in [0.717, 1.165) is 19.4 Å². The van der Waals surface area contributed by atoms with Gasteiger partial charge in [0, 0.05) is 25.3 Å². The molecule has 3 fully saturated rings. The van der Waals surface area contributed by atoms with Gasteiger partial charge in [0.05, 0.1) is 25.6 Å². The predicted molar refractivity (Wildman–Crippen MR) is 167 cm³/mol. The number of aromatic nitrogens is 4. The molecule has 0 radical (unpaired) electrons. The van der Waals surface area contributed by atoms with Crippen LogP contribution in [-0.2, 0) is 23.3 Å². The third-order valence-corrected chi connectivity index (χ3v) is 10.3. The highest BCUT2D eigenvalue weighted by molar-refractivity contribution is 7.45. The highest BCUT2D eigenvalue weighted by atomic mass is 31.2. The molecule has 0 aliphatic carbocycles. The molecule has 2 aromatic heterocycles. The summed E-state index contributed by atoms with van der Waals surface area (Å²) < 4.78 is 36.3. The Morgan fingerprint density at radius 3 is 2.62 bits per heavy atom. The van der Waals surface area contributed by atoms with Crippen molar-refractivity contribution in [3.63, 3.8) is 0 Å². The van der Waals surface area contributed by atoms with Gasteiger partial charge >= 0.3 is 0 Å². The zero-order valence-electron chi connectivity index (χ0n) is 25.3. The maximum atomic E-state index is 12.9. The van der Waals surface area contributed by atoms with Crippen LogP contribution in [0, 0.1) is 0 Å². The molecule has 2 unspecified atom stereocenters. The van der Waals surface area contributed by atoms with Crippen LogP contribution in [0.15, 0.2) is 73.3 Å². The van der Waals surface area contributed by atoms with E-state index in [1.807, 2.05) is 28.8 Å². The van der Waals surface area contributed by atoms with Crippen molar-refractivity contribution in [2.24, 2.45) is 0 Å². The lowest BCUT2D eigenvalue weighted by molar-refractivity contribution is -0.0749. The number of imidazole rings is 1. The summed E-state index contributed by atoms with van der Waals surface area (Å²) in [5.74, 6) is 0.0348. The SMILES string of the molecule is CC[C@H]1O[C@@H](n2cnc3c(NC(=O)c4ccccc4)ncnc32)[C@@H](OCCOC)C1OP1O[C@H](c2ccccc2)[C@@H]2CCCN21. The molecule has 13 heteroatoms. The van der Waals surface area contributed by atoms with Gasteiger partial charge in [-0.15, -0.1) is 0 Å². The Hall–Kier alpha value is -3.35. The number of rotatable bonds is 11. The first-order valence-corrected chi connectivity index (χ1v) is 16.5. The van der Waals surface area contributed by atoms with Crippen LogP contribution in [0.25, 0.3) is 11.2 Å². The first-order chi connectivity index (χ1) is 22.2. The molecule has 7 rings (SSSR count). The maximum absolute atomic E-state index is 12.9. The minimum atomic E-state index is -1.34. The van der Waals surface area contributed by atoms with Crippen LogP contribution in [0.2, 0.25) is 0 Å². The average molecular weight is 633 g/mol. The number of hydrogen-bond donors (Lipinski definition) is 1. The number of nitrogens with zero attached hydrogens (tertiary/aromatic N) is 5. The molecule has 3 aliphatic rings. The molecule has 7 atom stereocenters. The number of amides is 1. The van der Waals surface area contributed by atoms with Gasteiger partial charge in [-0.1, -0.05) is 55.5 Å². The number of carbonyl (C=O) groups is 1. The second-order valence-corrected chi connectivity index (χ2v) is 12.7. The zero-order valence-corrected chi connectivity index (χ0v) is 26.2. The van der Waals surface area contributed by atoms with E-state index in [0.29, 0.717) is 42.2 Å². The number of anilines is 1. The van der Waals surface area contributed by atoms with Crippen molar-refractivity contribution in [2.45, 2.75) is 62.9 Å². The Morgan fingerprint density at radius 2 is 1.84 bits per heavy atom. The molecule has 45 heavy (non-hydrogen) atoms. The first-order valence-electron chi connectivity index (χ1n) is 15.4. The van der Waals surface area contributed by atoms with E-state index >= 15 is 0 Å². The second-order valence-electron chi connectivity index (χ2n) is 11.3. The zero-order chi connectivity index (χ0) is 30.8. The Labute approximate surface area is 263 Å². The largest absolute Gasteiger partial charge is 0.382 e. The van der Waals surface area contributed by atoms with Crippen molar-refractivity contribution in [3.8, 4) is 0 Å². The molecule has 12 nitrogen and oxygen atoms in total. The fourth-order valence-corrected chi connectivity index (χ4v) is 8.36. The average Bonchev–Trinajstić information content (AvgIpc) is 3.86. The van der Waals surface area contributed by atoms with Crippen LogP contribution < -0.4 is 5.32 Å². The van der Waals surface area contributed by atoms with E-state index in [1.54, 1.807) is 25.6 Å². The maximum Gasteiger partial charge on any atom is 0.260 e. The third-order valence-electron chi connectivity index (χ3n) is 8.56. The summed E-state index contributed by atoms with van der Waals surface area (Å²) in [6, 6.07) is 19.6. The summed E-state index contributed by atoms with van der Waals surface area (Å²) in [6.45, 7) is 3.79. The Morgan fingerprint density at radius 1 is 1.04 bits per heavy atom. The lowest BCUT2D eigenvalue weighted by atomic mass is 10.0. The fourth-order valence-electron chi connectivity index (χ4n) is 6.36. The molecule has 0 bridgehead atoms. The van der Waals surface area contributed by atoms with Gasteiger partial charge in [-0.2, -0.15) is 0 Å². The first kappa shape index (κ1) is 30.3. The third kappa shape index (κ3) is 5.99. The lowest BCUT2D eigenvalue weighted by Crippen LogP contribution is -2.37. The van der Waals surface area contributed by atoms with Crippen LogP contribution in [0.3, 0.4) is 0 Å². The van der Waals surface area contributed by atoms with Crippen LogP contribution >= 0.6 is 8.53 Å². The Kier molecular flexibility index (Phi) is 9.13. The smallest absolute Gasteiger partial charge is 0.260 e. The van der Waals surface area contributed by atoms with Crippen molar-refractivity contribution in [2.75, 3.05) is 32.2 Å². The topological polar surface area (TPSA) is 122 Å². The van der Waals surface area contributed by atoms with E-state index in [1.165, 1.54) is 11.9 Å². The summed E-state index contributed by atoms with van der Waals surface area (Å²) >= 11 is 0. The quantitative estimate of drug-likeness (QED) is 0.173. The number of ether oxygens (including phenoxy) is 3. The van der Waals surface area contributed by atoms with Crippen molar-refractivity contribution < 1.29 is 28.1 Å². The molecular weight excluding hydrogens is 595 g/mol. The van der Waals surface area contributed by atoms with E-state index in [-0.39, 0.29) is 24.2 Å². The molecule has 0 saturated carbocycles. The molecular formula is C32H37N6O6P. The second kappa shape index (κ2) is 13.6. The van der Waals surface area contributed by atoms with Gasteiger partial charge < -0.3 is 28.6 Å². The Balaban J connectivity index is 1.16. The van der Waals surface area contributed by atoms with Gasteiger partial charge in [0.15, 0.2) is 23.2 Å². The summed E-state index contributed by atoms with van der Waals surface area (Å²) in [5.41, 5.74) is 2.66. The van der Waals surface area contributed by atoms with Crippen LogP contribution in [0.1, 0.15) is 54.4 Å². The number of carbonyl (C=O) groups excluding carboxylic acids is 1. The van der Waals surface area contributed by atoms with Crippen molar-refractivity contribution in [3.05, 3.63) is 84.4 Å². The van der Waals surface area contributed by atoms with E-state index in [9.17, 15) is 4.79 Å². The molecule has 3 saturated heterocycles. The van der Waals surface area contributed by atoms with Crippen LogP contribution in [0.5, 0.6) is 0 Å². The number of methoxy groups -OCH3 is 1. The van der Waals surface area contributed by atoms with Gasteiger partial charge in [-0.3, -0.25) is 9.36 Å². The normalized spacial score (nSPS) is 28.1. The van der Waals surface area contributed by atoms with Gasteiger partial charge in [0.1, 0.15) is 24.6 Å². The summed E-state index contributed by atoms with van der Waals surface area (Å²) in [6.07, 6.45) is 4.16. The van der Waals surface area contributed by atoms with Gasteiger partial charge in [0.2, 0.25) is 0 Å². The van der Waals surface area contributed by atoms with Crippen LogP contribution in [0.4, 0.5) is 5.82 Å². The van der Waals surface area contributed by atoms with E-state index < -0.39 is 27.0 Å². The number of hydrogen-bond acceptors (Lipinski definition) is 10. The van der Waals surface area contributed by atoms with Crippen molar-refractivity contribution >= 4 is 31.4 Å². The standard InChI is InChI=1S/C32H37N6O6P/c1-3-24-27(44-45-38-16-10-15-23(38)26(43-45)21-11-6-4-7-12-21)28(41-18-17-40-2)32(42-24)37-20-35-25-29(33-19-34-30(25)37)36-31(39)22-13-8-5-9-14-22/h4-9,11-14,19-20,23-24,26-28,32H,3,10,15-18H2,1-2H3,(H,33,34,36,39)/t23-,24+,26+,27?,28-,32+,45?/m0/s1. The molecule has 4 aromatic rings. The molecule has 1 N–H and O–H groups in total. The van der Waals surface area contributed by atoms with Crippen molar-refractivity contribution in [1.29, 1.82) is 0 Å². The summed E-state index contributed by atoms with van der Waals surface area (Å²) in [7, 11) is 0.305. The van der Waals surface area contributed by atoms with E-state index in [4.69, 9.17) is 23.3 Å². The monoisotopic (exact) mass is 632 g/mol. The van der Waals surface area contributed by atoms with Crippen molar-refractivity contribution in [1.82, 2.24) is 24.2 Å². The fraction of sp³-hybridized carbons (Fsp3) is 0.438. The van der Waals surface area contributed by atoms with E-state index in [2.05, 4.69) is 56.1 Å². The molecule has 1 amide bonds. The van der Waals surface area contributed by atoms with Gasteiger partial charge in [-0.05, 0) is 37.0 Å². The molecule has 0 spiro atoms. The lowest BCUT2D eigenvalue weighted by Gasteiger charge is -2.29. The molecule has 5 heterocycles. The minimum absolute atomic E-state index is 0.0373. The summed E-state index contributed by atoms with van der Waals surface area (Å²) in [5, 5.41) is 2.88.